The van der Waals surface area contributed by atoms with Gasteiger partial charge in [0.05, 0.1) is 44.5 Å². The number of benzene rings is 1. The maximum atomic E-state index is 13.9. The summed E-state index contributed by atoms with van der Waals surface area (Å²) < 4.78 is 31.7. The van der Waals surface area contributed by atoms with Crippen LogP contribution < -0.4 is 25.3 Å². The number of hydrogen-bond donors (Lipinski definition) is 0. The van der Waals surface area contributed by atoms with Crippen LogP contribution in [0.5, 0.6) is 17.2 Å². The van der Waals surface area contributed by atoms with Crippen LogP contribution in [0.25, 0.3) is 16.7 Å². The summed E-state index contributed by atoms with van der Waals surface area (Å²) in [6, 6.07) is 9.68. The Morgan fingerprint density at radius 3 is 2.36 bits per heavy atom. The fourth-order valence-corrected chi connectivity index (χ4v) is 5.20. The van der Waals surface area contributed by atoms with Gasteiger partial charge < -0.3 is 28.3 Å². The van der Waals surface area contributed by atoms with Crippen LogP contribution in [-0.4, -0.2) is 65.0 Å². The Bertz CT molecular complexity index is 1790. The molecule has 0 N–H and O–H groups in total. The topological polar surface area (TPSA) is 132 Å². The molecule has 232 valence electrons. The van der Waals surface area contributed by atoms with Crippen LogP contribution in [0.15, 0.2) is 52.4 Å². The molecule has 0 radical (unpaired) electrons. The van der Waals surface area contributed by atoms with Crippen molar-refractivity contribution in [2.24, 2.45) is 4.99 Å². The lowest BCUT2D eigenvalue weighted by molar-refractivity contribution is 0.0521. The largest absolute Gasteiger partial charge is 0.490 e. The molecule has 0 unspecified atom stereocenters. The third-order valence-electron chi connectivity index (χ3n) is 7.06. The molecule has 44 heavy (non-hydrogen) atoms. The number of hydrogen-bond acceptors (Lipinski definition) is 9. The average Bonchev–Trinajstić information content (AvgIpc) is 3.53. The molecular weight excluding hydrogens is 568 g/mol. The number of aromatic nitrogens is 3. The number of fused-ring (bicyclic) bond motifs is 2. The van der Waals surface area contributed by atoms with E-state index in [-0.39, 0.29) is 52.5 Å². The predicted molar refractivity (Wildman–Crippen MR) is 162 cm³/mol. The van der Waals surface area contributed by atoms with Gasteiger partial charge >= 0.3 is 5.97 Å². The molecule has 0 saturated carbocycles. The van der Waals surface area contributed by atoms with Gasteiger partial charge in [0.25, 0.3) is 11.5 Å². The summed E-state index contributed by atoms with van der Waals surface area (Å²) in [6.07, 6.45) is 2.99. The van der Waals surface area contributed by atoms with Crippen molar-refractivity contribution in [2.75, 3.05) is 33.0 Å². The molecule has 0 aliphatic carbocycles. The van der Waals surface area contributed by atoms with Gasteiger partial charge in [0.15, 0.2) is 17.0 Å². The second-order valence-corrected chi connectivity index (χ2v) is 9.95. The molecule has 12 heteroatoms. The van der Waals surface area contributed by atoms with Crippen molar-refractivity contribution in [3.05, 3.63) is 69.6 Å². The van der Waals surface area contributed by atoms with Crippen molar-refractivity contribution in [1.82, 2.24) is 14.0 Å². The summed E-state index contributed by atoms with van der Waals surface area (Å²) in [5, 5.41) is 0.180. The molecule has 1 aliphatic rings. The highest BCUT2D eigenvalue weighted by Crippen LogP contribution is 2.39. The quantitative estimate of drug-likeness (QED) is 0.184. The minimum Gasteiger partial charge on any atom is -0.490 e. The molecule has 5 rings (SSSR count). The van der Waals surface area contributed by atoms with E-state index in [1.165, 1.54) is 22.6 Å². The maximum absolute atomic E-state index is 13.9. The van der Waals surface area contributed by atoms with Crippen LogP contribution in [0.1, 0.15) is 61.3 Å². The number of rotatable bonds is 11. The predicted octanol–water partition coefficient (Wildman–Crippen LogP) is 3.94. The van der Waals surface area contributed by atoms with Crippen molar-refractivity contribution in [1.29, 1.82) is 0 Å². The number of amides is 1. The Kier molecular flexibility index (Phi) is 9.59. The van der Waals surface area contributed by atoms with Crippen molar-refractivity contribution >= 4 is 28.6 Å². The third-order valence-corrected chi connectivity index (χ3v) is 7.06. The van der Waals surface area contributed by atoms with E-state index < -0.39 is 11.9 Å². The van der Waals surface area contributed by atoms with E-state index in [1.54, 1.807) is 35.9 Å². The summed E-state index contributed by atoms with van der Waals surface area (Å²) in [7, 11) is 0. The van der Waals surface area contributed by atoms with Crippen LogP contribution >= 0.6 is 0 Å². The third kappa shape index (κ3) is 6.16. The molecule has 1 saturated heterocycles. The fourth-order valence-electron chi connectivity index (χ4n) is 5.20. The first kappa shape index (κ1) is 30.7. The Morgan fingerprint density at radius 2 is 1.73 bits per heavy atom. The Hall–Kier alpha value is -4.71. The number of nitrogens with zero attached hydrogens (tertiary/aromatic N) is 4. The number of carbonyl (C=O) groups excluding carboxylic acids is 2. The monoisotopic (exact) mass is 604 g/mol. The van der Waals surface area contributed by atoms with Crippen molar-refractivity contribution in [2.45, 2.75) is 53.2 Å². The average molecular weight is 605 g/mol. The van der Waals surface area contributed by atoms with E-state index in [0.717, 1.165) is 12.8 Å². The summed E-state index contributed by atoms with van der Waals surface area (Å²) in [5.74, 6) is -0.349. The van der Waals surface area contributed by atoms with E-state index >= 15 is 0 Å². The van der Waals surface area contributed by atoms with Gasteiger partial charge in [-0.3, -0.25) is 14.0 Å². The molecule has 4 heterocycles. The van der Waals surface area contributed by atoms with Gasteiger partial charge in [-0.2, -0.15) is 4.99 Å². The first-order valence-electron chi connectivity index (χ1n) is 14.9. The number of pyridine rings is 2. The van der Waals surface area contributed by atoms with Crippen LogP contribution in [0.4, 0.5) is 0 Å². The molecule has 0 spiro atoms. The zero-order valence-corrected chi connectivity index (χ0v) is 25.3. The highest BCUT2D eigenvalue weighted by atomic mass is 16.5. The van der Waals surface area contributed by atoms with Gasteiger partial charge in [-0.1, -0.05) is 6.07 Å². The highest BCUT2D eigenvalue weighted by molar-refractivity contribution is 5.98. The van der Waals surface area contributed by atoms with Crippen LogP contribution in [0.2, 0.25) is 0 Å². The lowest BCUT2D eigenvalue weighted by Gasteiger charge is -2.18. The SMILES string of the molecule is CCOC(=O)c1cc2c(=O)n3ccccc3nc2n(C[C@@H]2CCCO2)c1=NC(=O)c1cc(OCC)c(OCC)c(OCC)c1. The van der Waals surface area contributed by atoms with Crippen LogP contribution in [-0.2, 0) is 16.0 Å². The lowest BCUT2D eigenvalue weighted by Crippen LogP contribution is -2.35. The van der Waals surface area contributed by atoms with Crippen LogP contribution in [0, 0.1) is 0 Å². The second kappa shape index (κ2) is 13.7. The van der Waals surface area contributed by atoms with Gasteiger partial charge in [-0.05, 0) is 70.9 Å². The molecular formula is C32H36N4O8. The Morgan fingerprint density at radius 1 is 1.00 bits per heavy atom. The summed E-state index contributed by atoms with van der Waals surface area (Å²) in [5.41, 5.74) is 0.430. The van der Waals surface area contributed by atoms with E-state index in [4.69, 9.17) is 28.7 Å². The van der Waals surface area contributed by atoms with Gasteiger partial charge in [0.1, 0.15) is 16.9 Å². The van der Waals surface area contributed by atoms with Crippen LogP contribution in [0.3, 0.4) is 0 Å². The molecule has 1 amide bonds. The minimum absolute atomic E-state index is 0.00781. The summed E-state index contributed by atoms with van der Waals surface area (Å²) in [4.78, 5) is 50.2. The highest BCUT2D eigenvalue weighted by Gasteiger charge is 2.25. The van der Waals surface area contributed by atoms with Gasteiger partial charge in [-0.15, -0.1) is 0 Å². The van der Waals surface area contributed by atoms with Crippen molar-refractivity contribution < 1.29 is 33.3 Å². The zero-order valence-electron chi connectivity index (χ0n) is 25.3. The Labute approximate surface area is 253 Å². The molecule has 1 atom stereocenters. The molecule has 12 nitrogen and oxygen atoms in total. The van der Waals surface area contributed by atoms with Gasteiger partial charge in [0.2, 0.25) is 5.75 Å². The summed E-state index contributed by atoms with van der Waals surface area (Å²) >= 11 is 0. The maximum Gasteiger partial charge on any atom is 0.341 e. The minimum atomic E-state index is -0.726. The van der Waals surface area contributed by atoms with Gasteiger partial charge in [-0.25, -0.2) is 9.78 Å². The lowest BCUT2D eigenvalue weighted by atomic mass is 10.1. The van der Waals surface area contributed by atoms with Crippen molar-refractivity contribution in [3.8, 4) is 17.2 Å². The first-order valence-corrected chi connectivity index (χ1v) is 14.9. The first-order chi connectivity index (χ1) is 21.4. The molecule has 1 aliphatic heterocycles. The zero-order chi connectivity index (χ0) is 31.2. The van der Waals surface area contributed by atoms with E-state index in [1.807, 2.05) is 20.8 Å². The standard InChI is InChI=1S/C32H36N4O8/c1-5-40-24-16-20(17-25(41-6-2)27(24)42-7-3)30(37)34-29-23(32(39)43-8-4)18-22-28(36(29)19-21-12-11-15-44-21)33-26-13-9-10-14-35(26)31(22)38/h9-10,13-14,16-18,21H,5-8,11-12,15,19H2,1-4H3/t21-/m0/s1. The molecule has 4 aromatic rings. The van der Waals surface area contributed by atoms with E-state index in [2.05, 4.69) is 4.99 Å². The van der Waals surface area contributed by atoms with E-state index in [0.29, 0.717) is 49.3 Å². The molecule has 3 aromatic heterocycles. The van der Waals surface area contributed by atoms with Gasteiger partial charge in [0, 0.05) is 18.4 Å². The Balaban J connectivity index is 1.81. The number of carbonyl (C=O) groups is 2. The molecule has 0 bridgehead atoms. The van der Waals surface area contributed by atoms with E-state index in [9.17, 15) is 14.4 Å². The number of ether oxygens (including phenoxy) is 5. The number of esters is 1. The molecule has 1 aromatic carbocycles. The fraction of sp³-hybridized carbons (Fsp3) is 0.406. The molecule has 1 fully saturated rings. The summed E-state index contributed by atoms with van der Waals surface area (Å²) in [6.45, 7) is 9.06. The van der Waals surface area contributed by atoms with Crippen molar-refractivity contribution in [3.63, 3.8) is 0 Å². The smallest absolute Gasteiger partial charge is 0.341 e. The second-order valence-electron chi connectivity index (χ2n) is 9.95. The normalized spacial score (nSPS) is 15.1.